The lowest BCUT2D eigenvalue weighted by molar-refractivity contribution is 0.188. The Kier molecular flexibility index (Phi) is 8.02. The standard InChI is InChI=1S/C15H21F2N3O.HI/c1-2-18-15(20-6-4-14(21)10-20)19-5-3-11-7-12(16)9-13(17)8-11;/h7-9,14,21H,2-6,10H2,1H3,(H,18,19);1H/t14-;/m1./s1. The number of guanidine groups is 1. The second kappa shape index (κ2) is 9.24. The van der Waals surface area contributed by atoms with Gasteiger partial charge in [0.25, 0.3) is 0 Å². The molecule has 0 saturated carbocycles. The quantitative estimate of drug-likeness (QED) is 0.442. The summed E-state index contributed by atoms with van der Waals surface area (Å²) in [7, 11) is 0. The highest BCUT2D eigenvalue weighted by Crippen LogP contribution is 2.10. The summed E-state index contributed by atoms with van der Waals surface area (Å²) >= 11 is 0. The molecule has 1 aliphatic rings. The van der Waals surface area contributed by atoms with E-state index in [0.29, 0.717) is 25.1 Å². The van der Waals surface area contributed by atoms with E-state index in [-0.39, 0.29) is 30.1 Å². The van der Waals surface area contributed by atoms with E-state index in [0.717, 1.165) is 31.5 Å². The first kappa shape index (κ1) is 19.1. The van der Waals surface area contributed by atoms with Gasteiger partial charge in [0.1, 0.15) is 11.6 Å². The second-order valence-corrected chi connectivity index (χ2v) is 5.15. The van der Waals surface area contributed by atoms with Crippen molar-refractivity contribution in [2.75, 3.05) is 26.2 Å². The molecule has 1 saturated heterocycles. The molecule has 1 atom stereocenters. The molecule has 2 N–H and O–H groups in total. The van der Waals surface area contributed by atoms with Crippen LogP contribution in [-0.2, 0) is 6.42 Å². The van der Waals surface area contributed by atoms with Gasteiger partial charge in [-0.1, -0.05) is 0 Å². The zero-order valence-electron chi connectivity index (χ0n) is 12.6. The molecule has 0 radical (unpaired) electrons. The van der Waals surface area contributed by atoms with E-state index in [9.17, 15) is 13.9 Å². The minimum Gasteiger partial charge on any atom is -0.391 e. The molecule has 2 rings (SSSR count). The van der Waals surface area contributed by atoms with Gasteiger partial charge in [-0.05, 0) is 37.5 Å². The molecular weight excluding hydrogens is 403 g/mol. The maximum Gasteiger partial charge on any atom is 0.194 e. The molecule has 1 aromatic carbocycles. The Bertz CT molecular complexity index is 493. The van der Waals surface area contributed by atoms with E-state index in [1.807, 2.05) is 11.8 Å². The molecule has 0 spiro atoms. The molecule has 7 heteroatoms. The van der Waals surface area contributed by atoms with Gasteiger partial charge >= 0.3 is 0 Å². The summed E-state index contributed by atoms with van der Waals surface area (Å²) in [6, 6.07) is 3.51. The fraction of sp³-hybridized carbons (Fsp3) is 0.533. The van der Waals surface area contributed by atoms with Crippen LogP contribution in [0.3, 0.4) is 0 Å². The number of rotatable bonds is 4. The highest BCUT2D eigenvalue weighted by molar-refractivity contribution is 14.0. The Morgan fingerprint density at radius 3 is 2.59 bits per heavy atom. The Morgan fingerprint density at radius 1 is 1.36 bits per heavy atom. The molecule has 0 bridgehead atoms. The minimum absolute atomic E-state index is 0. The fourth-order valence-electron chi connectivity index (χ4n) is 2.41. The minimum atomic E-state index is -0.566. The monoisotopic (exact) mass is 425 g/mol. The van der Waals surface area contributed by atoms with Gasteiger partial charge in [0.15, 0.2) is 5.96 Å². The average molecular weight is 425 g/mol. The average Bonchev–Trinajstić information content (AvgIpc) is 2.83. The third-order valence-electron chi connectivity index (χ3n) is 3.38. The van der Waals surface area contributed by atoms with Crippen LogP contribution in [0, 0.1) is 11.6 Å². The molecular formula is C15H22F2IN3O. The predicted octanol–water partition coefficient (Wildman–Crippen LogP) is 2.16. The van der Waals surface area contributed by atoms with Crippen molar-refractivity contribution in [1.82, 2.24) is 10.2 Å². The van der Waals surface area contributed by atoms with Crippen LogP contribution in [0.15, 0.2) is 23.2 Å². The van der Waals surface area contributed by atoms with Crippen LogP contribution in [0.5, 0.6) is 0 Å². The van der Waals surface area contributed by atoms with Crippen molar-refractivity contribution in [3.05, 3.63) is 35.4 Å². The first-order chi connectivity index (χ1) is 10.1. The number of likely N-dealkylation sites (tertiary alicyclic amines) is 1. The third kappa shape index (κ3) is 5.68. The topological polar surface area (TPSA) is 47.9 Å². The van der Waals surface area contributed by atoms with Gasteiger partial charge in [-0.25, -0.2) is 8.78 Å². The zero-order chi connectivity index (χ0) is 15.2. The number of nitrogens with zero attached hydrogens (tertiary/aromatic N) is 2. The Balaban J connectivity index is 0.00000242. The molecule has 0 aliphatic carbocycles. The maximum absolute atomic E-state index is 13.1. The van der Waals surface area contributed by atoms with E-state index >= 15 is 0 Å². The number of halogens is 3. The zero-order valence-corrected chi connectivity index (χ0v) is 14.9. The van der Waals surface area contributed by atoms with E-state index in [2.05, 4.69) is 10.3 Å². The van der Waals surface area contributed by atoms with Crippen molar-refractivity contribution < 1.29 is 13.9 Å². The highest BCUT2D eigenvalue weighted by atomic mass is 127. The normalized spacial score (nSPS) is 18.3. The van der Waals surface area contributed by atoms with Gasteiger partial charge in [-0.15, -0.1) is 24.0 Å². The first-order valence-corrected chi connectivity index (χ1v) is 7.24. The molecule has 1 aliphatic heterocycles. The molecule has 4 nitrogen and oxygen atoms in total. The van der Waals surface area contributed by atoms with Gasteiger partial charge in [0, 0.05) is 32.2 Å². The van der Waals surface area contributed by atoms with Crippen LogP contribution in [-0.4, -0.2) is 48.2 Å². The van der Waals surface area contributed by atoms with E-state index in [4.69, 9.17) is 0 Å². The molecule has 22 heavy (non-hydrogen) atoms. The van der Waals surface area contributed by atoms with Crippen molar-refractivity contribution in [3.8, 4) is 0 Å². The van der Waals surface area contributed by atoms with Crippen LogP contribution in [0.1, 0.15) is 18.9 Å². The van der Waals surface area contributed by atoms with E-state index in [1.54, 1.807) is 0 Å². The van der Waals surface area contributed by atoms with E-state index < -0.39 is 11.6 Å². The summed E-state index contributed by atoms with van der Waals surface area (Å²) in [5.41, 5.74) is 0.591. The number of benzene rings is 1. The molecule has 1 aromatic rings. The first-order valence-electron chi connectivity index (χ1n) is 7.24. The van der Waals surface area contributed by atoms with Gasteiger partial charge in [0.05, 0.1) is 6.10 Å². The molecule has 124 valence electrons. The highest BCUT2D eigenvalue weighted by Gasteiger charge is 2.22. The van der Waals surface area contributed by atoms with Crippen LogP contribution in [0.2, 0.25) is 0 Å². The summed E-state index contributed by atoms with van der Waals surface area (Å²) < 4.78 is 26.2. The van der Waals surface area contributed by atoms with Crippen LogP contribution in [0.25, 0.3) is 0 Å². The number of hydrogen-bond acceptors (Lipinski definition) is 2. The number of aliphatic imine (C=N–C) groups is 1. The largest absolute Gasteiger partial charge is 0.391 e. The van der Waals surface area contributed by atoms with Gasteiger partial charge in [-0.3, -0.25) is 4.99 Å². The molecule has 0 amide bonds. The van der Waals surface area contributed by atoms with E-state index in [1.165, 1.54) is 12.1 Å². The molecule has 1 heterocycles. The second-order valence-electron chi connectivity index (χ2n) is 5.15. The lowest BCUT2D eigenvalue weighted by Crippen LogP contribution is -2.40. The van der Waals surface area contributed by atoms with Crippen molar-refractivity contribution >= 4 is 29.9 Å². The number of aliphatic hydroxyl groups excluding tert-OH is 1. The number of nitrogens with one attached hydrogen (secondary N) is 1. The van der Waals surface area contributed by atoms with Gasteiger partial charge in [0.2, 0.25) is 0 Å². The number of β-amino-alcohol motifs (C(OH)–C–C–N with tert-alkyl or cyclic N) is 1. The summed E-state index contributed by atoms with van der Waals surface area (Å²) in [5, 5.41) is 12.7. The molecule has 0 unspecified atom stereocenters. The summed E-state index contributed by atoms with van der Waals surface area (Å²) in [6.07, 6.45) is 0.894. The lowest BCUT2D eigenvalue weighted by atomic mass is 10.1. The summed E-state index contributed by atoms with van der Waals surface area (Å²) in [6.45, 7) is 4.49. The Labute approximate surface area is 146 Å². The molecule has 0 aromatic heterocycles. The SMILES string of the molecule is CCNC(=NCCc1cc(F)cc(F)c1)N1CC[C@@H](O)C1.I. The summed E-state index contributed by atoms with van der Waals surface area (Å²) in [4.78, 5) is 6.46. The van der Waals surface area contributed by atoms with Crippen molar-refractivity contribution in [1.29, 1.82) is 0 Å². The lowest BCUT2D eigenvalue weighted by Gasteiger charge is -2.20. The van der Waals surface area contributed by atoms with Crippen LogP contribution >= 0.6 is 24.0 Å². The van der Waals surface area contributed by atoms with Crippen molar-refractivity contribution in [2.45, 2.75) is 25.9 Å². The Hall–Kier alpha value is -0.960. The Morgan fingerprint density at radius 2 is 2.05 bits per heavy atom. The van der Waals surface area contributed by atoms with Crippen molar-refractivity contribution in [3.63, 3.8) is 0 Å². The smallest absolute Gasteiger partial charge is 0.194 e. The predicted molar refractivity (Wildman–Crippen MR) is 93.7 cm³/mol. The van der Waals surface area contributed by atoms with Crippen molar-refractivity contribution in [2.24, 2.45) is 4.99 Å². The van der Waals surface area contributed by atoms with Crippen LogP contribution < -0.4 is 5.32 Å². The fourth-order valence-corrected chi connectivity index (χ4v) is 2.41. The molecule has 1 fully saturated rings. The van der Waals surface area contributed by atoms with Gasteiger partial charge < -0.3 is 15.3 Å². The van der Waals surface area contributed by atoms with Gasteiger partial charge in [-0.2, -0.15) is 0 Å². The maximum atomic E-state index is 13.1. The van der Waals surface area contributed by atoms with Crippen LogP contribution in [0.4, 0.5) is 8.78 Å². The number of hydrogen-bond donors (Lipinski definition) is 2. The third-order valence-corrected chi connectivity index (χ3v) is 3.38. The number of aliphatic hydroxyl groups is 1. The summed E-state index contributed by atoms with van der Waals surface area (Å²) in [5.74, 6) is -0.391.